The second kappa shape index (κ2) is 18.3. The summed E-state index contributed by atoms with van der Waals surface area (Å²) in [6.07, 6.45) is 0. The molecule has 0 bridgehead atoms. The predicted octanol–water partition coefficient (Wildman–Crippen LogP) is 22.9. The molecule has 14 aromatic carbocycles. The quantitative estimate of drug-likeness (QED) is 0.142. The molecule has 0 N–H and O–H groups in total. The molecule has 0 spiro atoms. The summed E-state index contributed by atoms with van der Waals surface area (Å²) < 4.78 is 0. The van der Waals surface area contributed by atoms with Gasteiger partial charge in [0.15, 0.2) is 0 Å². The van der Waals surface area contributed by atoms with Gasteiger partial charge in [-0.2, -0.15) is 0 Å². The fourth-order valence-corrected chi connectivity index (χ4v) is 14.5. The van der Waals surface area contributed by atoms with E-state index in [0.29, 0.717) is 0 Å². The molecule has 14 aromatic rings. The Bertz CT molecular complexity index is 4950. The highest BCUT2D eigenvalue weighted by Crippen LogP contribution is 2.57. The largest absolute Gasteiger partial charge is 0.0622 e. The third-order valence-corrected chi connectivity index (χ3v) is 18.6. The molecule has 0 unspecified atom stereocenters. The molecule has 0 heteroatoms. The number of hydrogen-bond acceptors (Lipinski definition) is 0. The van der Waals surface area contributed by atoms with E-state index in [1.54, 1.807) is 0 Å². The average molecular weight is 1050 g/mol. The smallest absolute Gasteiger partial charge is 0.0159 e. The Morgan fingerprint density at radius 2 is 0.422 bits per heavy atom. The first-order valence-corrected chi connectivity index (χ1v) is 29.1. The van der Waals surface area contributed by atoms with Gasteiger partial charge in [0.25, 0.3) is 0 Å². The Kier molecular flexibility index (Phi) is 10.5. The summed E-state index contributed by atoms with van der Waals surface area (Å²) in [7, 11) is 0. The Hall–Kier alpha value is -10.4. The zero-order chi connectivity index (χ0) is 54.9. The van der Waals surface area contributed by atoms with Crippen molar-refractivity contribution in [1.29, 1.82) is 0 Å². The molecule has 0 amide bonds. The highest BCUT2D eigenvalue weighted by atomic mass is 14.4. The van der Waals surface area contributed by atoms with Crippen LogP contribution in [-0.4, -0.2) is 0 Å². The maximum atomic E-state index is 2.44. The van der Waals surface area contributed by atoms with Gasteiger partial charge in [-0.05, 0) is 189 Å². The van der Waals surface area contributed by atoms with Crippen LogP contribution in [0.4, 0.5) is 0 Å². The van der Waals surface area contributed by atoms with Crippen LogP contribution in [-0.2, 0) is 5.41 Å². The summed E-state index contributed by atoms with van der Waals surface area (Å²) >= 11 is 0. The van der Waals surface area contributed by atoms with E-state index in [9.17, 15) is 0 Å². The molecule has 0 radical (unpaired) electrons. The highest BCUT2D eigenvalue weighted by molar-refractivity contribution is 6.22. The molecule has 386 valence electrons. The maximum absolute atomic E-state index is 2.44. The topological polar surface area (TPSA) is 0 Å². The lowest BCUT2D eigenvalue weighted by Gasteiger charge is -2.23. The van der Waals surface area contributed by atoms with Crippen LogP contribution in [0.1, 0.15) is 25.0 Å². The van der Waals surface area contributed by atoms with Gasteiger partial charge < -0.3 is 0 Å². The minimum atomic E-state index is -0.161. The molecule has 0 nitrogen and oxygen atoms in total. The first-order valence-electron chi connectivity index (χ1n) is 29.1. The SMILES string of the molecule is CC1(C)c2cc(-c3ccc(-c4ccc(-c5ccc(-c6ccc(-c7ccccc7)c7c6-c6cccc8cccc-7c68)cc5)cc4)cc3)ccc2-c2ccc(-c3ccc(-c4ccc(-c5ccccc5)c5c4-c4cccc6cccc-5c46)cc3)cc21. The number of benzene rings is 14. The normalized spacial score (nSPS) is 12.8. The van der Waals surface area contributed by atoms with E-state index in [4.69, 9.17) is 0 Å². The van der Waals surface area contributed by atoms with Gasteiger partial charge in [0.1, 0.15) is 0 Å². The summed E-state index contributed by atoms with van der Waals surface area (Å²) in [5, 5.41) is 5.28. The molecule has 17 rings (SSSR count). The van der Waals surface area contributed by atoms with Crippen molar-refractivity contribution in [2.24, 2.45) is 0 Å². The second-order valence-corrected chi connectivity index (χ2v) is 23.4. The van der Waals surface area contributed by atoms with Gasteiger partial charge in [-0.3, -0.25) is 0 Å². The zero-order valence-corrected chi connectivity index (χ0v) is 46.2. The van der Waals surface area contributed by atoms with Crippen molar-refractivity contribution in [3.8, 4) is 145 Å². The Morgan fingerprint density at radius 1 is 0.181 bits per heavy atom. The van der Waals surface area contributed by atoms with Crippen LogP contribution in [0, 0.1) is 0 Å². The lowest BCUT2D eigenvalue weighted by Crippen LogP contribution is -2.15. The molecule has 3 aliphatic rings. The van der Waals surface area contributed by atoms with Gasteiger partial charge in [-0.1, -0.05) is 293 Å². The van der Waals surface area contributed by atoms with Crippen molar-refractivity contribution in [3.05, 3.63) is 302 Å². The molecular weight excluding hydrogens is 997 g/mol. The van der Waals surface area contributed by atoms with E-state index in [2.05, 4.69) is 305 Å². The lowest BCUT2D eigenvalue weighted by atomic mass is 9.80. The van der Waals surface area contributed by atoms with E-state index in [1.165, 1.54) is 177 Å². The van der Waals surface area contributed by atoms with E-state index >= 15 is 0 Å². The summed E-state index contributed by atoms with van der Waals surface area (Å²) in [5.74, 6) is 0. The van der Waals surface area contributed by atoms with E-state index < -0.39 is 0 Å². The predicted molar refractivity (Wildman–Crippen MR) is 351 cm³/mol. The van der Waals surface area contributed by atoms with Gasteiger partial charge in [0.2, 0.25) is 0 Å². The molecule has 0 fully saturated rings. The van der Waals surface area contributed by atoms with Crippen LogP contribution < -0.4 is 0 Å². The lowest BCUT2D eigenvalue weighted by molar-refractivity contribution is 0.661. The molecule has 83 heavy (non-hydrogen) atoms. The van der Waals surface area contributed by atoms with Gasteiger partial charge >= 0.3 is 0 Å². The first kappa shape index (κ1) is 47.4. The molecular formula is C83H54. The van der Waals surface area contributed by atoms with Gasteiger partial charge in [0, 0.05) is 5.41 Å². The van der Waals surface area contributed by atoms with Crippen molar-refractivity contribution in [1.82, 2.24) is 0 Å². The molecule has 0 aliphatic heterocycles. The van der Waals surface area contributed by atoms with Crippen molar-refractivity contribution in [2.75, 3.05) is 0 Å². The van der Waals surface area contributed by atoms with Gasteiger partial charge in [-0.25, -0.2) is 0 Å². The van der Waals surface area contributed by atoms with Crippen molar-refractivity contribution in [3.63, 3.8) is 0 Å². The van der Waals surface area contributed by atoms with Gasteiger partial charge in [0.05, 0.1) is 0 Å². The number of rotatable bonds is 8. The van der Waals surface area contributed by atoms with Crippen LogP contribution in [0.3, 0.4) is 0 Å². The average Bonchev–Trinajstić information content (AvgIpc) is 2.15. The Morgan fingerprint density at radius 3 is 0.723 bits per heavy atom. The van der Waals surface area contributed by atoms with Crippen molar-refractivity contribution in [2.45, 2.75) is 19.3 Å². The molecule has 0 saturated heterocycles. The molecule has 0 atom stereocenters. The first-order chi connectivity index (χ1) is 40.9. The van der Waals surface area contributed by atoms with Crippen molar-refractivity contribution >= 4 is 21.5 Å². The highest BCUT2D eigenvalue weighted by Gasteiger charge is 2.36. The summed E-state index contributed by atoms with van der Waals surface area (Å²) in [6.45, 7) is 4.78. The Labute approximate surface area is 485 Å². The third kappa shape index (κ3) is 7.33. The summed E-state index contributed by atoms with van der Waals surface area (Å²) in [6, 6.07) is 109. The number of hydrogen-bond donors (Lipinski definition) is 0. The standard InChI is InChI=1S/C83H54/c1-83(2)75-49-63(41-43-69(75)70-44-42-64(50-76(70)83)56-35-39-60(40-36-56)68-48-46-66(58-15-7-4-8-16-58)80-72-22-10-18-62-20-12-24-74(78(62)72)82(68)80)55-31-29-53(30-32-55)51-25-27-52(28-26-51)54-33-37-59(38-34-54)67-47-45-65(57-13-5-3-6-14-57)79-71-21-9-17-61-19-11-23-73(77(61)71)81(67)79/h3-50H,1-2H3. The number of fused-ring (bicyclic) bond motifs is 9. The Balaban J connectivity index is 0.615. The molecule has 3 aliphatic carbocycles. The van der Waals surface area contributed by atoms with Crippen LogP contribution in [0.5, 0.6) is 0 Å². The van der Waals surface area contributed by atoms with E-state index in [0.717, 1.165) is 0 Å². The van der Waals surface area contributed by atoms with Crippen LogP contribution in [0.15, 0.2) is 291 Å². The molecule has 0 saturated carbocycles. The van der Waals surface area contributed by atoms with Gasteiger partial charge in [-0.15, -0.1) is 0 Å². The fraction of sp³-hybridized carbons (Fsp3) is 0.0361. The maximum Gasteiger partial charge on any atom is 0.0159 e. The molecule has 0 aromatic heterocycles. The summed E-state index contributed by atoms with van der Waals surface area (Å²) in [4.78, 5) is 0. The third-order valence-electron chi connectivity index (χ3n) is 18.6. The minimum absolute atomic E-state index is 0.161. The summed E-state index contributed by atoms with van der Waals surface area (Å²) in [5.41, 5.74) is 35.7. The van der Waals surface area contributed by atoms with E-state index in [-0.39, 0.29) is 5.41 Å². The second-order valence-electron chi connectivity index (χ2n) is 23.4. The minimum Gasteiger partial charge on any atom is -0.0622 e. The van der Waals surface area contributed by atoms with E-state index in [1.807, 2.05) is 0 Å². The van der Waals surface area contributed by atoms with Crippen LogP contribution in [0.2, 0.25) is 0 Å². The molecule has 0 heterocycles. The van der Waals surface area contributed by atoms with Crippen LogP contribution >= 0.6 is 0 Å². The monoisotopic (exact) mass is 1050 g/mol. The fourth-order valence-electron chi connectivity index (χ4n) is 14.5. The van der Waals surface area contributed by atoms with Crippen LogP contribution in [0.25, 0.3) is 166 Å². The van der Waals surface area contributed by atoms with Crippen molar-refractivity contribution < 1.29 is 0 Å². The zero-order valence-electron chi connectivity index (χ0n) is 46.2.